The van der Waals surface area contributed by atoms with Crippen LogP contribution >= 0.6 is 0 Å². The predicted molar refractivity (Wildman–Crippen MR) is 77.0 cm³/mol. The lowest BCUT2D eigenvalue weighted by Crippen LogP contribution is -2.39. The molecule has 0 N–H and O–H groups in total. The molecule has 2 rings (SSSR count). The molecule has 0 aromatic carbocycles. The van der Waals surface area contributed by atoms with Crippen LogP contribution in [0.25, 0.3) is 6.08 Å². The molecule has 108 valence electrons. The van der Waals surface area contributed by atoms with Gasteiger partial charge in [-0.3, -0.25) is 0 Å². The van der Waals surface area contributed by atoms with Crippen LogP contribution in [-0.4, -0.2) is 39.1 Å². The molecule has 1 aromatic heterocycles. The third-order valence-corrected chi connectivity index (χ3v) is 3.02. The number of hydrogen-bond acceptors (Lipinski definition) is 4. The van der Waals surface area contributed by atoms with Gasteiger partial charge in [0, 0.05) is 12.7 Å². The number of ether oxygens (including phenoxy) is 1. The molecule has 1 aromatic rings. The van der Waals surface area contributed by atoms with Gasteiger partial charge in [0.2, 0.25) is 0 Å². The molecule has 1 aliphatic rings. The van der Waals surface area contributed by atoms with E-state index in [9.17, 15) is 4.79 Å². The fourth-order valence-electron chi connectivity index (χ4n) is 2.15. The van der Waals surface area contributed by atoms with E-state index in [-0.39, 0.29) is 12.1 Å². The second-order valence-corrected chi connectivity index (χ2v) is 5.88. The molecule has 0 radical (unpaired) electrons. The Morgan fingerprint density at radius 2 is 2.30 bits per heavy atom. The van der Waals surface area contributed by atoms with Gasteiger partial charge in [-0.15, -0.1) is 0 Å². The fraction of sp³-hybridized carbons (Fsp3) is 0.533. The first-order valence-corrected chi connectivity index (χ1v) is 6.89. The first-order valence-electron chi connectivity index (χ1n) is 6.89. The molecule has 1 amide bonds. The van der Waals surface area contributed by atoms with Gasteiger partial charge in [-0.25, -0.2) is 14.8 Å². The maximum Gasteiger partial charge on any atom is 0.410 e. The summed E-state index contributed by atoms with van der Waals surface area (Å²) in [6.07, 6.45) is 8.87. The van der Waals surface area contributed by atoms with Crippen molar-refractivity contribution < 1.29 is 9.53 Å². The minimum atomic E-state index is -0.458. The largest absolute Gasteiger partial charge is 0.444 e. The summed E-state index contributed by atoms with van der Waals surface area (Å²) in [5.74, 6) is 0. The molecule has 0 bridgehead atoms. The minimum absolute atomic E-state index is 0.0832. The van der Waals surface area contributed by atoms with Gasteiger partial charge in [0.1, 0.15) is 11.9 Å². The maximum absolute atomic E-state index is 12.1. The molecule has 2 heterocycles. The normalized spacial score (nSPS) is 19.6. The highest BCUT2D eigenvalue weighted by Gasteiger charge is 2.30. The highest BCUT2D eigenvalue weighted by molar-refractivity contribution is 5.69. The summed E-state index contributed by atoms with van der Waals surface area (Å²) in [6, 6.07) is 1.92. The van der Waals surface area contributed by atoms with Gasteiger partial charge in [0.05, 0.1) is 11.7 Å². The van der Waals surface area contributed by atoms with Crippen LogP contribution in [0.3, 0.4) is 0 Å². The Bertz CT molecular complexity index is 480. The number of rotatable bonds is 2. The third kappa shape index (κ3) is 4.05. The molecule has 1 aliphatic heterocycles. The van der Waals surface area contributed by atoms with Crippen LogP contribution < -0.4 is 0 Å². The molecular weight excluding hydrogens is 254 g/mol. The topological polar surface area (TPSA) is 55.3 Å². The number of amides is 1. The molecule has 1 atom stereocenters. The molecule has 20 heavy (non-hydrogen) atoms. The predicted octanol–water partition coefficient (Wildman–Crippen LogP) is 2.89. The Balaban J connectivity index is 2.01. The highest BCUT2D eigenvalue weighted by atomic mass is 16.6. The summed E-state index contributed by atoms with van der Waals surface area (Å²) in [6.45, 7) is 6.39. The van der Waals surface area contributed by atoms with Gasteiger partial charge in [-0.2, -0.15) is 0 Å². The summed E-state index contributed by atoms with van der Waals surface area (Å²) in [7, 11) is 0. The van der Waals surface area contributed by atoms with Crippen molar-refractivity contribution in [3.63, 3.8) is 0 Å². The average molecular weight is 275 g/mol. The quantitative estimate of drug-likeness (QED) is 0.832. The molecule has 1 unspecified atom stereocenters. The van der Waals surface area contributed by atoms with Crippen molar-refractivity contribution in [1.82, 2.24) is 14.9 Å². The van der Waals surface area contributed by atoms with Crippen LogP contribution in [-0.2, 0) is 4.74 Å². The van der Waals surface area contributed by atoms with E-state index < -0.39 is 5.60 Å². The lowest BCUT2D eigenvalue weighted by Gasteiger charge is -2.27. The standard InChI is InChI=1S/C15H21N3O2/c1-15(2,3)20-14(19)18-10-4-5-13(18)7-6-12-8-9-16-11-17-12/h6-9,11,13H,4-5,10H2,1-3H3/b7-6+. The number of hydrogen-bond donors (Lipinski definition) is 0. The number of nitrogens with zero attached hydrogens (tertiary/aromatic N) is 3. The Morgan fingerprint density at radius 1 is 1.50 bits per heavy atom. The van der Waals surface area contributed by atoms with Gasteiger partial charge in [-0.1, -0.05) is 6.08 Å². The monoisotopic (exact) mass is 275 g/mol. The summed E-state index contributed by atoms with van der Waals surface area (Å²) in [4.78, 5) is 21.9. The van der Waals surface area contributed by atoms with Crippen molar-refractivity contribution in [3.05, 3.63) is 30.4 Å². The zero-order valence-electron chi connectivity index (χ0n) is 12.2. The van der Waals surface area contributed by atoms with Gasteiger partial charge in [0.25, 0.3) is 0 Å². The van der Waals surface area contributed by atoms with E-state index in [0.717, 1.165) is 25.1 Å². The van der Waals surface area contributed by atoms with Crippen LogP contribution in [0.5, 0.6) is 0 Å². The molecule has 0 saturated carbocycles. The zero-order valence-corrected chi connectivity index (χ0v) is 12.2. The summed E-state index contributed by atoms with van der Waals surface area (Å²) in [5, 5.41) is 0. The molecule has 1 fully saturated rings. The molecule has 0 spiro atoms. The summed E-state index contributed by atoms with van der Waals surface area (Å²) < 4.78 is 5.43. The molecule has 5 heteroatoms. The van der Waals surface area contributed by atoms with Crippen LogP contribution in [0.15, 0.2) is 24.7 Å². The second kappa shape index (κ2) is 6.03. The van der Waals surface area contributed by atoms with Crippen molar-refractivity contribution >= 4 is 12.2 Å². The van der Waals surface area contributed by atoms with Crippen LogP contribution in [0, 0.1) is 0 Å². The Kier molecular flexibility index (Phi) is 4.37. The molecule has 5 nitrogen and oxygen atoms in total. The molecule has 1 saturated heterocycles. The van der Waals surface area contributed by atoms with Crippen molar-refractivity contribution in [2.45, 2.75) is 45.3 Å². The Morgan fingerprint density at radius 3 is 2.95 bits per heavy atom. The molecule has 0 aliphatic carbocycles. The second-order valence-electron chi connectivity index (χ2n) is 5.88. The summed E-state index contributed by atoms with van der Waals surface area (Å²) >= 11 is 0. The van der Waals surface area contributed by atoms with Gasteiger partial charge in [-0.05, 0) is 45.8 Å². The Labute approximate surface area is 119 Å². The smallest absolute Gasteiger partial charge is 0.410 e. The summed E-state index contributed by atoms with van der Waals surface area (Å²) in [5.41, 5.74) is 0.386. The third-order valence-electron chi connectivity index (χ3n) is 3.02. The van der Waals surface area contributed by atoms with Crippen molar-refractivity contribution in [2.24, 2.45) is 0 Å². The lowest BCUT2D eigenvalue weighted by molar-refractivity contribution is 0.0256. The lowest BCUT2D eigenvalue weighted by atomic mass is 10.2. The van der Waals surface area contributed by atoms with E-state index in [0.29, 0.717) is 0 Å². The minimum Gasteiger partial charge on any atom is -0.444 e. The van der Waals surface area contributed by atoms with E-state index in [2.05, 4.69) is 9.97 Å². The SMILES string of the molecule is CC(C)(C)OC(=O)N1CCCC1/C=C/c1ccncn1. The fourth-order valence-corrected chi connectivity index (χ4v) is 2.15. The van der Waals surface area contributed by atoms with E-state index in [1.54, 1.807) is 11.1 Å². The molecular formula is C15H21N3O2. The number of aromatic nitrogens is 2. The Hall–Kier alpha value is -1.91. The van der Waals surface area contributed by atoms with Crippen LogP contribution in [0.2, 0.25) is 0 Å². The van der Waals surface area contributed by atoms with Crippen molar-refractivity contribution in [3.8, 4) is 0 Å². The van der Waals surface area contributed by atoms with Crippen LogP contribution in [0.1, 0.15) is 39.3 Å². The highest BCUT2D eigenvalue weighted by Crippen LogP contribution is 2.22. The van der Waals surface area contributed by atoms with Gasteiger partial charge >= 0.3 is 6.09 Å². The first-order chi connectivity index (χ1) is 9.46. The zero-order chi connectivity index (χ0) is 14.6. The first kappa shape index (κ1) is 14.5. The van der Waals surface area contributed by atoms with E-state index in [4.69, 9.17) is 4.74 Å². The van der Waals surface area contributed by atoms with E-state index >= 15 is 0 Å². The van der Waals surface area contributed by atoms with Crippen molar-refractivity contribution in [2.75, 3.05) is 6.54 Å². The van der Waals surface area contributed by atoms with Crippen LogP contribution in [0.4, 0.5) is 4.79 Å². The number of likely N-dealkylation sites (tertiary alicyclic amines) is 1. The van der Waals surface area contributed by atoms with Gasteiger partial charge in [0.15, 0.2) is 0 Å². The van der Waals surface area contributed by atoms with E-state index in [1.807, 2.05) is 39.0 Å². The number of carbonyl (C=O) groups is 1. The maximum atomic E-state index is 12.1. The van der Waals surface area contributed by atoms with Gasteiger partial charge < -0.3 is 9.64 Å². The van der Waals surface area contributed by atoms with E-state index in [1.165, 1.54) is 6.33 Å². The average Bonchev–Trinajstić information content (AvgIpc) is 2.84. The number of carbonyl (C=O) groups excluding carboxylic acids is 1. The van der Waals surface area contributed by atoms with Crippen molar-refractivity contribution in [1.29, 1.82) is 0 Å².